The van der Waals surface area contributed by atoms with Crippen molar-refractivity contribution in [3.63, 3.8) is 0 Å². The Bertz CT molecular complexity index is 891. The van der Waals surface area contributed by atoms with Crippen LogP contribution >= 0.6 is 0 Å². The van der Waals surface area contributed by atoms with E-state index >= 15 is 0 Å². The highest BCUT2D eigenvalue weighted by molar-refractivity contribution is 6.04. The van der Waals surface area contributed by atoms with Crippen molar-refractivity contribution in [1.82, 2.24) is 5.32 Å². The molecule has 2 amide bonds. The molecule has 0 radical (unpaired) electrons. The van der Waals surface area contributed by atoms with Gasteiger partial charge in [-0.25, -0.2) is 0 Å². The van der Waals surface area contributed by atoms with Crippen molar-refractivity contribution < 1.29 is 19.1 Å². The average Bonchev–Trinajstić information content (AvgIpc) is 3.25. The molecule has 0 aliphatic carbocycles. The summed E-state index contributed by atoms with van der Waals surface area (Å²) in [6.45, 7) is 7.08. The highest BCUT2D eigenvalue weighted by atomic mass is 16.5. The Hall–Kier alpha value is -2.86. The Labute approximate surface area is 178 Å². The largest absolute Gasteiger partial charge is 0.480 e. The summed E-state index contributed by atoms with van der Waals surface area (Å²) in [6, 6.07) is 12.9. The van der Waals surface area contributed by atoms with Crippen LogP contribution in [0.5, 0.6) is 5.75 Å². The number of rotatable bonds is 8. The number of carbonyl (C=O) groups excluding carboxylic acids is 2. The molecule has 2 aromatic carbocycles. The van der Waals surface area contributed by atoms with Crippen molar-refractivity contribution >= 4 is 17.5 Å². The zero-order chi connectivity index (χ0) is 21.5. The molecular weight excluding hydrogens is 380 g/mol. The van der Waals surface area contributed by atoms with E-state index in [2.05, 4.69) is 10.6 Å². The van der Waals surface area contributed by atoms with Crippen LogP contribution < -0.4 is 15.4 Å². The number of aryl methyl sites for hydroxylation is 2. The minimum atomic E-state index is -0.658. The van der Waals surface area contributed by atoms with Gasteiger partial charge in [-0.3, -0.25) is 9.59 Å². The minimum Gasteiger partial charge on any atom is -0.480 e. The van der Waals surface area contributed by atoms with E-state index in [-0.39, 0.29) is 17.9 Å². The molecule has 1 fully saturated rings. The van der Waals surface area contributed by atoms with E-state index in [0.717, 1.165) is 30.6 Å². The van der Waals surface area contributed by atoms with Crippen molar-refractivity contribution in [2.75, 3.05) is 18.5 Å². The molecule has 0 bridgehead atoms. The fraction of sp³-hybridized carbons (Fsp3) is 0.417. The van der Waals surface area contributed by atoms with Gasteiger partial charge >= 0.3 is 0 Å². The van der Waals surface area contributed by atoms with Gasteiger partial charge in [0.15, 0.2) is 6.10 Å². The van der Waals surface area contributed by atoms with Gasteiger partial charge in [-0.15, -0.1) is 0 Å². The molecule has 160 valence electrons. The molecule has 0 aromatic heterocycles. The fourth-order valence-corrected chi connectivity index (χ4v) is 3.52. The Morgan fingerprint density at radius 2 is 2.00 bits per heavy atom. The molecule has 3 rings (SSSR count). The summed E-state index contributed by atoms with van der Waals surface area (Å²) < 4.78 is 11.5. The standard InChI is InChI=1S/C24H30N2O4/c1-4-21(30-22-12-11-16(2)14-17(22)3)24(28)26-20-10-6-5-9-19(20)23(27)25-15-18-8-7-13-29-18/h5-6,9-12,14,18,21H,4,7-8,13,15H2,1-3H3,(H,25,27)(H,26,28). The van der Waals surface area contributed by atoms with Gasteiger partial charge < -0.3 is 20.1 Å². The van der Waals surface area contributed by atoms with Crippen LogP contribution in [-0.2, 0) is 9.53 Å². The van der Waals surface area contributed by atoms with E-state index in [1.807, 2.05) is 39.0 Å². The second-order valence-electron chi connectivity index (χ2n) is 7.66. The van der Waals surface area contributed by atoms with Crippen LogP contribution in [0, 0.1) is 13.8 Å². The number of benzene rings is 2. The molecule has 0 saturated carbocycles. The van der Waals surface area contributed by atoms with Gasteiger partial charge in [-0.05, 0) is 56.9 Å². The Morgan fingerprint density at radius 1 is 1.20 bits per heavy atom. The third-order valence-electron chi connectivity index (χ3n) is 5.21. The van der Waals surface area contributed by atoms with E-state index in [9.17, 15) is 9.59 Å². The van der Waals surface area contributed by atoms with Gasteiger partial charge in [0.25, 0.3) is 11.8 Å². The number of ether oxygens (including phenoxy) is 2. The third kappa shape index (κ3) is 5.60. The van der Waals surface area contributed by atoms with Crippen LogP contribution in [0.3, 0.4) is 0 Å². The lowest BCUT2D eigenvalue weighted by Crippen LogP contribution is -2.35. The summed E-state index contributed by atoms with van der Waals surface area (Å²) in [5, 5.41) is 5.77. The number of carbonyl (C=O) groups is 2. The Morgan fingerprint density at radius 3 is 2.70 bits per heavy atom. The van der Waals surface area contributed by atoms with Gasteiger partial charge in [-0.2, -0.15) is 0 Å². The summed E-state index contributed by atoms with van der Waals surface area (Å²) in [6.07, 6.45) is 1.88. The monoisotopic (exact) mass is 410 g/mol. The lowest BCUT2D eigenvalue weighted by Gasteiger charge is -2.20. The van der Waals surface area contributed by atoms with Crippen LogP contribution in [0.1, 0.15) is 47.7 Å². The summed E-state index contributed by atoms with van der Waals surface area (Å²) in [4.78, 5) is 25.5. The van der Waals surface area contributed by atoms with Gasteiger partial charge in [-0.1, -0.05) is 36.8 Å². The highest BCUT2D eigenvalue weighted by Crippen LogP contribution is 2.22. The number of para-hydroxylation sites is 1. The molecule has 6 heteroatoms. The summed E-state index contributed by atoms with van der Waals surface area (Å²) in [7, 11) is 0. The fourth-order valence-electron chi connectivity index (χ4n) is 3.52. The summed E-state index contributed by atoms with van der Waals surface area (Å²) >= 11 is 0. The number of nitrogens with one attached hydrogen (secondary N) is 2. The molecular formula is C24H30N2O4. The zero-order valence-electron chi connectivity index (χ0n) is 17.9. The first-order valence-corrected chi connectivity index (χ1v) is 10.5. The second kappa shape index (κ2) is 10.3. The molecule has 1 aliphatic heterocycles. The summed E-state index contributed by atoms with van der Waals surface area (Å²) in [5.41, 5.74) is 3.01. The smallest absolute Gasteiger partial charge is 0.265 e. The minimum absolute atomic E-state index is 0.0614. The first-order valence-electron chi connectivity index (χ1n) is 10.5. The zero-order valence-corrected chi connectivity index (χ0v) is 17.9. The highest BCUT2D eigenvalue weighted by Gasteiger charge is 2.22. The molecule has 0 spiro atoms. The van der Waals surface area contributed by atoms with Crippen LogP contribution in [0.15, 0.2) is 42.5 Å². The third-order valence-corrected chi connectivity index (χ3v) is 5.21. The lowest BCUT2D eigenvalue weighted by molar-refractivity contribution is -0.122. The molecule has 1 saturated heterocycles. The van der Waals surface area contributed by atoms with Crippen molar-refractivity contribution in [3.05, 3.63) is 59.2 Å². The summed E-state index contributed by atoms with van der Waals surface area (Å²) in [5.74, 6) is 0.173. The van der Waals surface area contributed by atoms with E-state index in [4.69, 9.17) is 9.47 Å². The molecule has 1 aliphatic rings. The molecule has 30 heavy (non-hydrogen) atoms. The lowest BCUT2D eigenvalue weighted by atomic mass is 10.1. The maximum atomic E-state index is 12.9. The van der Waals surface area contributed by atoms with E-state index in [1.54, 1.807) is 24.3 Å². The van der Waals surface area contributed by atoms with Crippen LogP contribution in [0.2, 0.25) is 0 Å². The first-order chi connectivity index (χ1) is 14.5. The molecule has 2 aromatic rings. The quantitative estimate of drug-likeness (QED) is 0.689. The van der Waals surface area contributed by atoms with Crippen molar-refractivity contribution in [3.8, 4) is 5.75 Å². The second-order valence-corrected chi connectivity index (χ2v) is 7.66. The maximum absolute atomic E-state index is 12.9. The Balaban J connectivity index is 1.66. The van der Waals surface area contributed by atoms with Crippen LogP contribution in [0.25, 0.3) is 0 Å². The number of anilines is 1. The predicted molar refractivity (Wildman–Crippen MR) is 117 cm³/mol. The van der Waals surface area contributed by atoms with Gasteiger partial charge in [0, 0.05) is 13.2 Å². The van der Waals surface area contributed by atoms with Crippen molar-refractivity contribution in [1.29, 1.82) is 0 Å². The molecule has 6 nitrogen and oxygen atoms in total. The normalized spacial score (nSPS) is 16.7. The molecule has 2 atom stereocenters. The van der Waals surface area contributed by atoms with E-state index in [1.165, 1.54) is 0 Å². The average molecular weight is 411 g/mol. The molecule has 2 unspecified atom stereocenters. The number of amides is 2. The first kappa shape index (κ1) is 21.8. The predicted octanol–water partition coefficient (Wildman–Crippen LogP) is 4.01. The van der Waals surface area contributed by atoms with Gasteiger partial charge in [0.1, 0.15) is 5.75 Å². The molecule has 2 N–H and O–H groups in total. The van der Waals surface area contributed by atoms with Crippen LogP contribution in [-0.4, -0.2) is 37.2 Å². The van der Waals surface area contributed by atoms with E-state index < -0.39 is 6.10 Å². The van der Waals surface area contributed by atoms with Gasteiger partial charge in [0.05, 0.1) is 17.4 Å². The SMILES string of the molecule is CCC(Oc1ccc(C)cc1C)C(=O)Nc1ccccc1C(=O)NCC1CCCO1. The maximum Gasteiger partial charge on any atom is 0.265 e. The van der Waals surface area contributed by atoms with E-state index in [0.29, 0.717) is 30.0 Å². The van der Waals surface area contributed by atoms with Gasteiger partial charge in [0.2, 0.25) is 0 Å². The number of hydrogen-bond acceptors (Lipinski definition) is 4. The van der Waals surface area contributed by atoms with Crippen molar-refractivity contribution in [2.24, 2.45) is 0 Å². The topological polar surface area (TPSA) is 76.7 Å². The van der Waals surface area contributed by atoms with Crippen molar-refractivity contribution in [2.45, 2.75) is 52.2 Å². The molecule has 1 heterocycles. The van der Waals surface area contributed by atoms with Crippen LogP contribution in [0.4, 0.5) is 5.69 Å². The Kier molecular flexibility index (Phi) is 7.46. The number of hydrogen-bond donors (Lipinski definition) is 2.